The second-order valence-corrected chi connectivity index (χ2v) is 3.59. The predicted molar refractivity (Wildman–Crippen MR) is 62.8 cm³/mol. The van der Waals surface area contributed by atoms with Crippen molar-refractivity contribution in [1.82, 2.24) is 5.32 Å². The van der Waals surface area contributed by atoms with Gasteiger partial charge in [-0.15, -0.1) is 0 Å². The molecule has 0 saturated heterocycles. The first-order valence-electron chi connectivity index (χ1n) is 5.43. The normalized spacial score (nSPS) is 10.1. The highest BCUT2D eigenvalue weighted by atomic mass is 19.1. The molecule has 16 heavy (non-hydrogen) atoms. The summed E-state index contributed by atoms with van der Waals surface area (Å²) in [7, 11) is 1.87. The fraction of sp³-hybridized carbons (Fsp3) is 0.417. The van der Waals surface area contributed by atoms with Gasteiger partial charge in [-0.1, -0.05) is 12.1 Å². The first-order chi connectivity index (χ1) is 7.74. The van der Waals surface area contributed by atoms with Crippen LogP contribution in [-0.4, -0.2) is 19.5 Å². The van der Waals surface area contributed by atoms with Crippen molar-refractivity contribution in [3.63, 3.8) is 0 Å². The van der Waals surface area contributed by atoms with Gasteiger partial charge in [-0.25, -0.2) is 4.39 Å². The van der Waals surface area contributed by atoms with Gasteiger partial charge in [0.1, 0.15) is 5.82 Å². The van der Waals surface area contributed by atoms with Crippen LogP contribution in [0.5, 0.6) is 0 Å². The maximum Gasteiger partial charge on any atom is 0.224 e. The van der Waals surface area contributed by atoms with Crippen LogP contribution in [0.2, 0.25) is 0 Å². The van der Waals surface area contributed by atoms with Crippen molar-refractivity contribution in [2.75, 3.05) is 18.9 Å². The van der Waals surface area contributed by atoms with Crippen LogP contribution in [0.1, 0.15) is 19.3 Å². The van der Waals surface area contributed by atoms with Gasteiger partial charge in [0.05, 0.1) is 5.69 Å². The van der Waals surface area contributed by atoms with Gasteiger partial charge in [-0.05, 0) is 38.6 Å². The molecule has 1 rings (SSSR count). The quantitative estimate of drug-likeness (QED) is 0.727. The molecule has 0 radical (unpaired) electrons. The van der Waals surface area contributed by atoms with Gasteiger partial charge in [-0.3, -0.25) is 4.79 Å². The number of amides is 1. The zero-order chi connectivity index (χ0) is 11.8. The van der Waals surface area contributed by atoms with Gasteiger partial charge in [0.15, 0.2) is 0 Å². The van der Waals surface area contributed by atoms with Crippen LogP contribution in [-0.2, 0) is 4.79 Å². The summed E-state index contributed by atoms with van der Waals surface area (Å²) in [5, 5.41) is 5.56. The number of unbranched alkanes of at least 4 members (excludes halogenated alkanes) is 1. The lowest BCUT2D eigenvalue weighted by Gasteiger charge is -2.05. The molecular formula is C12H17FN2O. The van der Waals surface area contributed by atoms with Gasteiger partial charge in [0.25, 0.3) is 0 Å². The summed E-state index contributed by atoms with van der Waals surface area (Å²) in [6.45, 7) is 0.896. The lowest BCUT2D eigenvalue weighted by atomic mass is 10.2. The monoisotopic (exact) mass is 224 g/mol. The van der Waals surface area contributed by atoms with Gasteiger partial charge in [0, 0.05) is 6.42 Å². The first kappa shape index (κ1) is 12.6. The van der Waals surface area contributed by atoms with E-state index in [0.29, 0.717) is 6.42 Å². The minimum absolute atomic E-state index is 0.138. The highest BCUT2D eigenvalue weighted by Crippen LogP contribution is 2.12. The van der Waals surface area contributed by atoms with Crippen LogP contribution in [0, 0.1) is 5.82 Å². The lowest BCUT2D eigenvalue weighted by Crippen LogP contribution is -2.13. The molecule has 0 aliphatic carbocycles. The van der Waals surface area contributed by atoms with Gasteiger partial charge >= 0.3 is 0 Å². The third-order valence-corrected chi connectivity index (χ3v) is 2.23. The molecule has 0 spiro atoms. The number of hydrogen-bond acceptors (Lipinski definition) is 2. The number of rotatable bonds is 6. The van der Waals surface area contributed by atoms with E-state index in [1.807, 2.05) is 7.05 Å². The van der Waals surface area contributed by atoms with Crippen LogP contribution < -0.4 is 10.6 Å². The summed E-state index contributed by atoms with van der Waals surface area (Å²) >= 11 is 0. The van der Waals surface area contributed by atoms with E-state index in [-0.39, 0.29) is 11.6 Å². The molecule has 0 saturated carbocycles. The third kappa shape index (κ3) is 4.40. The van der Waals surface area contributed by atoms with Crippen LogP contribution in [0.4, 0.5) is 10.1 Å². The van der Waals surface area contributed by atoms with Gasteiger partial charge in [-0.2, -0.15) is 0 Å². The maximum absolute atomic E-state index is 13.2. The molecular weight excluding hydrogens is 207 g/mol. The number of nitrogens with one attached hydrogen (secondary N) is 2. The van der Waals surface area contributed by atoms with E-state index in [0.717, 1.165) is 19.4 Å². The van der Waals surface area contributed by atoms with E-state index < -0.39 is 5.82 Å². The molecule has 0 aliphatic rings. The Morgan fingerprint density at radius 1 is 1.31 bits per heavy atom. The second kappa shape index (κ2) is 6.95. The van der Waals surface area contributed by atoms with E-state index in [9.17, 15) is 9.18 Å². The summed E-state index contributed by atoms with van der Waals surface area (Å²) in [5.41, 5.74) is 0.251. The highest BCUT2D eigenvalue weighted by molar-refractivity contribution is 5.90. The predicted octanol–water partition coefficient (Wildman–Crippen LogP) is 2.15. The van der Waals surface area contributed by atoms with Crippen molar-refractivity contribution in [1.29, 1.82) is 0 Å². The van der Waals surface area contributed by atoms with E-state index in [1.54, 1.807) is 18.2 Å². The van der Waals surface area contributed by atoms with E-state index in [4.69, 9.17) is 0 Å². The third-order valence-electron chi connectivity index (χ3n) is 2.23. The number of hydrogen-bond donors (Lipinski definition) is 2. The Balaban J connectivity index is 2.32. The van der Waals surface area contributed by atoms with Crippen LogP contribution in [0.25, 0.3) is 0 Å². The van der Waals surface area contributed by atoms with Gasteiger partial charge in [0.2, 0.25) is 5.91 Å². The number of halogens is 1. The summed E-state index contributed by atoms with van der Waals surface area (Å²) in [4.78, 5) is 11.4. The molecule has 2 N–H and O–H groups in total. The standard InChI is InChI=1S/C12H17FN2O/c1-14-9-5-4-8-12(16)15-11-7-3-2-6-10(11)13/h2-3,6-7,14H,4-5,8-9H2,1H3,(H,15,16). The highest BCUT2D eigenvalue weighted by Gasteiger charge is 2.05. The molecule has 0 bridgehead atoms. The Labute approximate surface area is 95.0 Å². The Hall–Kier alpha value is -1.42. The van der Waals surface area contributed by atoms with Crippen molar-refractivity contribution in [3.8, 4) is 0 Å². The Morgan fingerprint density at radius 3 is 2.75 bits per heavy atom. The zero-order valence-electron chi connectivity index (χ0n) is 9.42. The lowest BCUT2D eigenvalue weighted by molar-refractivity contribution is -0.116. The SMILES string of the molecule is CNCCCCC(=O)Nc1ccccc1F. The Kier molecular flexibility index (Phi) is 5.50. The molecule has 88 valence electrons. The molecule has 0 unspecified atom stereocenters. The average molecular weight is 224 g/mol. The van der Waals surface area contributed by atoms with E-state index in [2.05, 4.69) is 10.6 Å². The molecule has 1 aromatic rings. The van der Waals surface area contributed by atoms with Crippen molar-refractivity contribution in [2.24, 2.45) is 0 Å². The topological polar surface area (TPSA) is 41.1 Å². The smallest absolute Gasteiger partial charge is 0.224 e. The minimum atomic E-state index is -0.397. The molecule has 0 aliphatic heterocycles. The summed E-state index contributed by atoms with van der Waals surface area (Å²) < 4.78 is 13.2. The van der Waals surface area contributed by atoms with Crippen molar-refractivity contribution in [3.05, 3.63) is 30.1 Å². The molecule has 0 heterocycles. The first-order valence-corrected chi connectivity index (χ1v) is 5.43. The van der Waals surface area contributed by atoms with Crippen molar-refractivity contribution in [2.45, 2.75) is 19.3 Å². The fourth-order valence-corrected chi connectivity index (χ4v) is 1.36. The summed E-state index contributed by atoms with van der Waals surface area (Å²) in [6, 6.07) is 6.18. The number of para-hydroxylation sites is 1. The second-order valence-electron chi connectivity index (χ2n) is 3.59. The van der Waals surface area contributed by atoms with Crippen LogP contribution >= 0.6 is 0 Å². The molecule has 1 amide bonds. The summed E-state index contributed by atoms with van der Waals surface area (Å²) in [6.07, 6.45) is 2.18. The maximum atomic E-state index is 13.2. The van der Waals surface area contributed by atoms with Crippen LogP contribution in [0.15, 0.2) is 24.3 Å². The average Bonchev–Trinajstić information content (AvgIpc) is 2.28. The molecule has 0 atom stereocenters. The largest absolute Gasteiger partial charge is 0.324 e. The van der Waals surface area contributed by atoms with Gasteiger partial charge < -0.3 is 10.6 Å². The van der Waals surface area contributed by atoms with Crippen LogP contribution in [0.3, 0.4) is 0 Å². The molecule has 0 fully saturated rings. The Morgan fingerprint density at radius 2 is 2.06 bits per heavy atom. The van der Waals surface area contributed by atoms with Crippen molar-refractivity contribution < 1.29 is 9.18 Å². The number of carbonyl (C=O) groups is 1. The molecule has 1 aromatic carbocycles. The minimum Gasteiger partial charge on any atom is -0.324 e. The molecule has 0 aromatic heterocycles. The molecule has 4 heteroatoms. The molecule has 3 nitrogen and oxygen atoms in total. The number of carbonyl (C=O) groups excluding carboxylic acids is 1. The van der Waals surface area contributed by atoms with E-state index >= 15 is 0 Å². The fourth-order valence-electron chi connectivity index (χ4n) is 1.36. The van der Waals surface area contributed by atoms with Crippen molar-refractivity contribution >= 4 is 11.6 Å². The number of anilines is 1. The summed E-state index contributed by atoms with van der Waals surface area (Å²) in [5.74, 6) is -0.535. The van der Waals surface area contributed by atoms with E-state index in [1.165, 1.54) is 6.07 Å². The zero-order valence-corrected chi connectivity index (χ0v) is 9.42. The number of benzene rings is 1. The Bertz CT molecular complexity index is 342.